The molecule has 1 aromatic carbocycles. The van der Waals surface area contributed by atoms with Gasteiger partial charge in [-0.2, -0.15) is 0 Å². The molecule has 122 valence electrons. The number of carbonyl (C=O) groups is 1. The number of anilines is 1. The molecule has 8 heteroatoms. The van der Waals surface area contributed by atoms with Crippen molar-refractivity contribution in [2.45, 2.75) is 30.2 Å². The number of thioether (sulfide) groups is 1. The van der Waals surface area contributed by atoms with Crippen LogP contribution in [0.15, 0.2) is 29.3 Å². The van der Waals surface area contributed by atoms with Gasteiger partial charge in [-0.3, -0.25) is 9.79 Å². The van der Waals surface area contributed by atoms with E-state index in [1.807, 2.05) is 12.1 Å². The van der Waals surface area contributed by atoms with Crippen LogP contribution in [-0.4, -0.2) is 48.3 Å². The first-order valence-electron chi connectivity index (χ1n) is 7.61. The Morgan fingerprint density at radius 1 is 1.17 bits per heavy atom. The van der Waals surface area contributed by atoms with Crippen molar-refractivity contribution in [3.05, 3.63) is 29.8 Å². The van der Waals surface area contributed by atoms with Crippen molar-refractivity contribution in [2.24, 2.45) is 4.99 Å². The van der Waals surface area contributed by atoms with Gasteiger partial charge in [-0.1, -0.05) is 11.8 Å². The Hall–Kier alpha value is -1.54. The molecule has 6 nitrogen and oxygen atoms in total. The van der Waals surface area contributed by atoms with Crippen molar-refractivity contribution in [3.8, 4) is 0 Å². The van der Waals surface area contributed by atoms with Crippen LogP contribution in [0.25, 0.3) is 0 Å². The fourth-order valence-electron chi connectivity index (χ4n) is 2.74. The van der Waals surface area contributed by atoms with Crippen LogP contribution in [0, 0.1) is 0 Å². The maximum atomic E-state index is 11.9. The number of rotatable bonds is 3. The first-order valence-corrected chi connectivity index (χ1v) is 10.3. The van der Waals surface area contributed by atoms with Crippen LogP contribution < -0.4 is 10.6 Å². The Labute approximate surface area is 139 Å². The summed E-state index contributed by atoms with van der Waals surface area (Å²) in [6, 6.07) is 7.47. The maximum absolute atomic E-state index is 11.9. The fraction of sp³-hybridized carbons (Fsp3) is 0.467. The standard InChI is InChI=1S/C15H17N3O3S2/c19-14(16-10-5-6-10)9-1-3-11(4-2-9)17-15-18-12-7-23(20,21)8-13(12)22-15/h1-4,10,12-13H,5-8H2,(H,16,19)(H,17,18)/t12-,13+/m0/s1. The van der Waals surface area contributed by atoms with E-state index in [9.17, 15) is 13.2 Å². The van der Waals surface area contributed by atoms with Gasteiger partial charge in [0.2, 0.25) is 0 Å². The molecule has 0 unspecified atom stereocenters. The Kier molecular flexibility index (Phi) is 3.60. The zero-order valence-electron chi connectivity index (χ0n) is 12.4. The molecule has 0 radical (unpaired) electrons. The van der Waals surface area contributed by atoms with Crippen LogP contribution in [0.4, 0.5) is 5.69 Å². The number of hydrogen-bond donors (Lipinski definition) is 2. The minimum Gasteiger partial charge on any atom is -0.349 e. The summed E-state index contributed by atoms with van der Waals surface area (Å²) >= 11 is 1.49. The average Bonchev–Trinajstić information content (AvgIpc) is 3.15. The highest BCUT2D eigenvalue weighted by Crippen LogP contribution is 2.34. The Bertz CT molecular complexity index is 770. The number of nitrogens with one attached hydrogen (secondary N) is 2. The van der Waals surface area contributed by atoms with E-state index in [2.05, 4.69) is 15.6 Å². The van der Waals surface area contributed by atoms with Crippen molar-refractivity contribution >= 4 is 38.4 Å². The molecule has 2 heterocycles. The molecule has 2 atom stereocenters. The lowest BCUT2D eigenvalue weighted by Gasteiger charge is -2.08. The lowest BCUT2D eigenvalue weighted by molar-refractivity contribution is 0.0951. The number of hydrogen-bond acceptors (Lipinski definition) is 6. The highest BCUT2D eigenvalue weighted by molar-refractivity contribution is 8.15. The molecule has 4 rings (SSSR count). The molecule has 0 aromatic heterocycles. The van der Waals surface area contributed by atoms with Gasteiger partial charge < -0.3 is 10.6 Å². The molecule has 1 aromatic rings. The van der Waals surface area contributed by atoms with Crippen LogP contribution in [-0.2, 0) is 9.84 Å². The topological polar surface area (TPSA) is 87.6 Å². The maximum Gasteiger partial charge on any atom is 0.251 e. The van der Waals surface area contributed by atoms with Crippen LogP contribution in [0.5, 0.6) is 0 Å². The molecule has 1 saturated heterocycles. The third kappa shape index (κ3) is 3.37. The van der Waals surface area contributed by atoms with E-state index in [0.29, 0.717) is 11.6 Å². The van der Waals surface area contributed by atoms with Gasteiger partial charge in [0, 0.05) is 22.5 Å². The van der Waals surface area contributed by atoms with E-state index in [1.165, 1.54) is 11.8 Å². The predicted molar refractivity (Wildman–Crippen MR) is 91.8 cm³/mol. The van der Waals surface area contributed by atoms with Crippen molar-refractivity contribution in [2.75, 3.05) is 16.8 Å². The Morgan fingerprint density at radius 2 is 1.91 bits per heavy atom. The second-order valence-corrected chi connectivity index (χ2v) is 9.57. The highest BCUT2D eigenvalue weighted by atomic mass is 32.2. The van der Waals surface area contributed by atoms with Gasteiger partial charge >= 0.3 is 0 Å². The fourth-order valence-corrected chi connectivity index (χ4v) is 6.42. The SMILES string of the molecule is O=C(NC1CC1)c1ccc(NC2=N[C@H]3CS(=O)(=O)C[C@H]3S2)cc1. The Morgan fingerprint density at radius 3 is 2.57 bits per heavy atom. The van der Waals surface area contributed by atoms with Gasteiger partial charge in [0.15, 0.2) is 15.0 Å². The number of amides is 1. The minimum atomic E-state index is -2.92. The van der Waals surface area contributed by atoms with Gasteiger partial charge in [-0.15, -0.1) is 0 Å². The first-order chi connectivity index (χ1) is 11.0. The van der Waals surface area contributed by atoms with Gasteiger partial charge in [0.05, 0.1) is 17.5 Å². The molecule has 0 bridgehead atoms. The van der Waals surface area contributed by atoms with E-state index in [1.54, 1.807) is 12.1 Å². The predicted octanol–water partition coefficient (Wildman–Crippen LogP) is 1.26. The zero-order valence-corrected chi connectivity index (χ0v) is 14.0. The molecule has 23 heavy (non-hydrogen) atoms. The molecule has 0 spiro atoms. The molecule has 2 aliphatic heterocycles. The third-order valence-corrected chi connectivity index (χ3v) is 7.27. The van der Waals surface area contributed by atoms with Crippen LogP contribution in [0.3, 0.4) is 0 Å². The number of nitrogens with zero attached hydrogens (tertiary/aromatic N) is 1. The number of aliphatic imine (C=N–C) groups is 1. The highest BCUT2D eigenvalue weighted by Gasteiger charge is 2.42. The summed E-state index contributed by atoms with van der Waals surface area (Å²) in [7, 11) is -2.92. The Balaban J connectivity index is 1.39. The monoisotopic (exact) mass is 351 g/mol. The van der Waals surface area contributed by atoms with Gasteiger partial charge in [-0.25, -0.2) is 8.42 Å². The van der Waals surface area contributed by atoms with Gasteiger partial charge in [-0.05, 0) is 37.1 Å². The summed E-state index contributed by atoms with van der Waals surface area (Å²) < 4.78 is 23.1. The molecule has 1 saturated carbocycles. The minimum absolute atomic E-state index is 0.0334. The van der Waals surface area contributed by atoms with Gasteiger partial charge in [0.1, 0.15) is 0 Å². The molecule has 2 fully saturated rings. The number of sulfone groups is 1. The third-order valence-electron chi connectivity index (χ3n) is 4.13. The average molecular weight is 351 g/mol. The summed E-state index contributed by atoms with van der Waals surface area (Å²) in [5.41, 5.74) is 1.49. The quantitative estimate of drug-likeness (QED) is 0.856. The normalized spacial score (nSPS) is 28.1. The summed E-state index contributed by atoms with van der Waals surface area (Å²) in [6.07, 6.45) is 2.14. The van der Waals surface area contributed by atoms with Crippen molar-refractivity contribution in [1.29, 1.82) is 0 Å². The smallest absolute Gasteiger partial charge is 0.251 e. The number of amidine groups is 1. The molecular weight excluding hydrogens is 334 g/mol. The summed E-state index contributed by atoms with van der Waals surface area (Å²) in [4.78, 5) is 16.4. The molecule has 1 aliphatic carbocycles. The van der Waals surface area contributed by atoms with E-state index >= 15 is 0 Å². The van der Waals surface area contributed by atoms with E-state index in [4.69, 9.17) is 0 Å². The number of fused-ring (bicyclic) bond motifs is 1. The lowest BCUT2D eigenvalue weighted by atomic mass is 10.2. The van der Waals surface area contributed by atoms with E-state index in [0.717, 1.165) is 23.7 Å². The summed E-state index contributed by atoms with van der Waals surface area (Å²) in [5.74, 6) is 0.319. The van der Waals surface area contributed by atoms with E-state index < -0.39 is 9.84 Å². The largest absolute Gasteiger partial charge is 0.349 e. The zero-order chi connectivity index (χ0) is 16.0. The molecule has 1 amide bonds. The first kappa shape index (κ1) is 15.0. The van der Waals surface area contributed by atoms with Crippen molar-refractivity contribution in [3.63, 3.8) is 0 Å². The van der Waals surface area contributed by atoms with E-state index in [-0.39, 0.29) is 28.7 Å². The van der Waals surface area contributed by atoms with Crippen molar-refractivity contribution < 1.29 is 13.2 Å². The van der Waals surface area contributed by atoms with Crippen LogP contribution in [0.1, 0.15) is 23.2 Å². The summed E-state index contributed by atoms with van der Waals surface area (Å²) in [6.45, 7) is 0. The summed E-state index contributed by atoms with van der Waals surface area (Å²) in [5, 5.41) is 6.94. The van der Waals surface area contributed by atoms with Crippen LogP contribution >= 0.6 is 11.8 Å². The van der Waals surface area contributed by atoms with Crippen LogP contribution in [0.2, 0.25) is 0 Å². The molecule has 2 N–H and O–H groups in total. The van der Waals surface area contributed by atoms with Gasteiger partial charge in [0.25, 0.3) is 5.91 Å². The second kappa shape index (κ2) is 5.52. The number of benzene rings is 1. The molecular formula is C15H17N3O3S2. The second-order valence-electron chi connectivity index (χ2n) is 6.18. The number of carbonyl (C=O) groups excluding carboxylic acids is 1. The lowest BCUT2D eigenvalue weighted by Crippen LogP contribution is -2.25. The molecule has 3 aliphatic rings. The van der Waals surface area contributed by atoms with Crippen molar-refractivity contribution in [1.82, 2.24) is 5.32 Å².